The van der Waals surface area contributed by atoms with Crippen LogP contribution in [0.5, 0.6) is 0 Å². The van der Waals surface area contributed by atoms with Crippen molar-refractivity contribution in [3.63, 3.8) is 0 Å². The minimum atomic E-state index is -0.505. The third kappa shape index (κ3) is 3.34. The number of aryl methyl sites for hydroxylation is 1. The van der Waals surface area contributed by atoms with Crippen LogP contribution in [0.15, 0.2) is 48.5 Å². The van der Waals surface area contributed by atoms with Gasteiger partial charge in [-0.25, -0.2) is 0 Å². The van der Waals surface area contributed by atoms with Crippen LogP contribution in [0.3, 0.4) is 0 Å². The van der Waals surface area contributed by atoms with Crippen molar-refractivity contribution in [2.24, 2.45) is 0 Å². The van der Waals surface area contributed by atoms with Crippen molar-refractivity contribution in [2.75, 3.05) is 13.1 Å². The molecule has 1 unspecified atom stereocenters. The largest absolute Gasteiger partial charge is 0.341 e. The Morgan fingerprint density at radius 2 is 1.92 bits per heavy atom. The smallest absolute Gasteiger partial charge is 0.232 e. The highest BCUT2D eigenvalue weighted by atomic mass is 35.5. The highest BCUT2D eigenvalue weighted by molar-refractivity contribution is 6.30. The second kappa shape index (κ2) is 6.60. The van der Waals surface area contributed by atoms with E-state index < -0.39 is 5.41 Å². The number of carbonyl (C=O) groups excluding carboxylic acids is 1. The highest BCUT2D eigenvalue weighted by Crippen LogP contribution is 2.33. The summed E-state index contributed by atoms with van der Waals surface area (Å²) in [5.74, 6) is 0.582. The van der Waals surface area contributed by atoms with E-state index in [0.29, 0.717) is 5.92 Å². The molecule has 1 fully saturated rings. The summed E-state index contributed by atoms with van der Waals surface area (Å²) in [7, 11) is 0. The molecular weight excluding hydrogens is 318 g/mol. The number of halogens is 1. The summed E-state index contributed by atoms with van der Waals surface area (Å²) in [6.45, 7) is 7.70. The first-order valence-electron chi connectivity index (χ1n) is 8.50. The Balaban J connectivity index is 1.76. The third-order valence-electron chi connectivity index (χ3n) is 5.07. The van der Waals surface area contributed by atoms with Gasteiger partial charge in [0.15, 0.2) is 0 Å². The predicted octanol–water partition coefficient (Wildman–Crippen LogP) is 4.94. The summed E-state index contributed by atoms with van der Waals surface area (Å²) in [6, 6.07) is 16.3. The first kappa shape index (κ1) is 17.0. The molecule has 0 radical (unpaired) electrons. The molecule has 1 amide bonds. The van der Waals surface area contributed by atoms with Crippen molar-refractivity contribution >= 4 is 17.5 Å². The fourth-order valence-electron chi connectivity index (χ4n) is 3.53. The van der Waals surface area contributed by atoms with Crippen molar-refractivity contribution in [3.8, 4) is 0 Å². The molecule has 0 bridgehead atoms. The zero-order valence-corrected chi connectivity index (χ0v) is 15.3. The van der Waals surface area contributed by atoms with Crippen molar-refractivity contribution in [1.29, 1.82) is 0 Å². The maximum absolute atomic E-state index is 13.1. The maximum Gasteiger partial charge on any atom is 0.232 e. The van der Waals surface area contributed by atoms with Gasteiger partial charge in [-0.3, -0.25) is 4.79 Å². The molecule has 2 nitrogen and oxygen atoms in total. The van der Waals surface area contributed by atoms with Gasteiger partial charge < -0.3 is 4.90 Å². The van der Waals surface area contributed by atoms with Crippen LogP contribution in [0.4, 0.5) is 0 Å². The number of hydrogen-bond donors (Lipinski definition) is 0. The number of amides is 1. The Kier molecular flexibility index (Phi) is 4.69. The first-order valence-corrected chi connectivity index (χ1v) is 8.88. The standard InChI is InChI=1S/C21H24ClNO/c1-15-6-4-8-18(12-15)21(2,3)20(24)23-11-10-17(14-23)16-7-5-9-19(22)13-16/h4-9,12-13,17H,10-11,14H2,1-3H3. The number of nitrogens with zero attached hydrogens (tertiary/aromatic N) is 1. The summed E-state index contributed by atoms with van der Waals surface area (Å²) in [6.07, 6.45) is 0.996. The predicted molar refractivity (Wildman–Crippen MR) is 99.6 cm³/mol. The van der Waals surface area contributed by atoms with Crippen LogP contribution in [-0.2, 0) is 10.2 Å². The van der Waals surface area contributed by atoms with Crippen LogP contribution in [-0.4, -0.2) is 23.9 Å². The highest BCUT2D eigenvalue weighted by Gasteiger charge is 2.37. The lowest BCUT2D eigenvalue weighted by Crippen LogP contribution is -2.42. The van der Waals surface area contributed by atoms with Crippen LogP contribution in [0.1, 0.15) is 42.9 Å². The second-order valence-corrected chi connectivity index (χ2v) is 7.72. The molecule has 3 heteroatoms. The van der Waals surface area contributed by atoms with Gasteiger partial charge in [-0.2, -0.15) is 0 Å². The van der Waals surface area contributed by atoms with Gasteiger partial charge in [0.2, 0.25) is 5.91 Å². The van der Waals surface area contributed by atoms with Crippen molar-refractivity contribution < 1.29 is 4.79 Å². The van der Waals surface area contributed by atoms with Gasteiger partial charge in [-0.15, -0.1) is 0 Å². The van der Waals surface area contributed by atoms with E-state index in [1.54, 1.807) is 0 Å². The number of hydrogen-bond acceptors (Lipinski definition) is 1. The molecular formula is C21H24ClNO. The van der Waals surface area contributed by atoms with E-state index in [1.165, 1.54) is 11.1 Å². The van der Waals surface area contributed by atoms with Crippen LogP contribution in [0, 0.1) is 6.92 Å². The van der Waals surface area contributed by atoms with Gasteiger partial charge in [0.1, 0.15) is 0 Å². The molecule has 3 rings (SSSR count). The van der Waals surface area contributed by atoms with Crippen LogP contribution in [0.25, 0.3) is 0 Å². The average molecular weight is 342 g/mol. The van der Waals surface area contributed by atoms with Crippen molar-refractivity contribution in [2.45, 2.75) is 38.5 Å². The summed E-state index contributed by atoms with van der Waals surface area (Å²) in [5.41, 5.74) is 2.99. The Hall–Kier alpha value is -1.80. The van der Waals surface area contributed by atoms with Crippen molar-refractivity contribution in [1.82, 2.24) is 4.90 Å². The van der Waals surface area contributed by atoms with Crippen LogP contribution < -0.4 is 0 Å². The van der Waals surface area contributed by atoms with Crippen LogP contribution in [0.2, 0.25) is 5.02 Å². The lowest BCUT2D eigenvalue weighted by molar-refractivity contribution is -0.135. The van der Waals surface area contributed by atoms with Gasteiger partial charge in [0.25, 0.3) is 0 Å². The van der Waals surface area contributed by atoms with E-state index in [9.17, 15) is 4.79 Å². The zero-order chi connectivity index (χ0) is 17.3. The molecule has 0 aromatic heterocycles. The minimum Gasteiger partial charge on any atom is -0.341 e. The topological polar surface area (TPSA) is 20.3 Å². The molecule has 1 aliphatic heterocycles. The van der Waals surface area contributed by atoms with Gasteiger partial charge >= 0.3 is 0 Å². The molecule has 0 spiro atoms. The molecule has 0 N–H and O–H groups in total. The van der Waals surface area contributed by atoms with Crippen LogP contribution >= 0.6 is 11.6 Å². The van der Waals surface area contributed by atoms with Gasteiger partial charge in [-0.05, 0) is 50.5 Å². The molecule has 1 saturated heterocycles. The van der Waals surface area contributed by atoms with Gasteiger partial charge in [0, 0.05) is 24.0 Å². The number of benzene rings is 2. The first-order chi connectivity index (χ1) is 11.4. The summed E-state index contributed by atoms with van der Waals surface area (Å²) in [5, 5.41) is 0.761. The van der Waals surface area contributed by atoms with Crippen molar-refractivity contribution in [3.05, 3.63) is 70.2 Å². The zero-order valence-electron chi connectivity index (χ0n) is 14.6. The van der Waals surface area contributed by atoms with Gasteiger partial charge in [0.05, 0.1) is 5.41 Å². The normalized spacial score (nSPS) is 18.0. The van der Waals surface area contributed by atoms with E-state index in [1.807, 2.05) is 43.0 Å². The maximum atomic E-state index is 13.1. The molecule has 1 heterocycles. The molecule has 1 aliphatic rings. The molecule has 126 valence electrons. The average Bonchev–Trinajstić information content (AvgIpc) is 3.04. The lowest BCUT2D eigenvalue weighted by Gasteiger charge is -2.30. The molecule has 2 aromatic rings. The quantitative estimate of drug-likeness (QED) is 0.774. The Labute approximate surface area is 149 Å². The number of carbonyl (C=O) groups is 1. The summed E-state index contributed by atoms with van der Waals surface area (Å²) < 4.78 is 0. The monoisotopic (exact) mass is 341 g/mol. The van der Waals surface area contributed by atoms with E-state index in [0.717, 1.165) is 30.1 Å². The van der Waals surface area contributed by atoms with E-state index in [4.69, 9.17) is 11.6 Å². The SMILES string of the molecule is Cc1cccc(C(C)(C)C(=O)N2CCC(c3cccc(Cl)c3)C2)c1. The molecule has 24 heavy (non-hydrogen) atoms. The number of rotatable bonds is 3. The second-order valence-electron chi connectivity index (χ2n) is 7.29. The molecule has 0 aliphatic carbocycles. The Morgan fingerprint density at radius 3 is 2.62 bits per heavy atom. The van der Waals surface area contributed by atoms with E-state index in [2.05, 4.69) is 31.2 Å². The summed E-state index contributed by atoms with van der Waals surface area (Å²) >= 11 is 6.11. The van der Waals surface area contributed by atoms with E-state index in [-0.39, 0.29) is 5.91 Å². The Bertz CT molecular complexity index is 753. The van der Waals surface area contributed by atoms with Gasteiger partial charge in [-0.1, -0.05) is 53.6 Å². The fourth-order valence-corrected chi connectivity index (χ4v) is 3.73. The molecule has 1 atom stereocenters. The number of likely N-dealkylation sites (tertiary alicyclic amines) is 1. The Morgan fingerprint density at radius 1 is 1.17 bits per heavy atom. The summed E-state index contributed by atoms with van der Waals surface area (Å²) in [4.78, 5) is 15.1. The minimum absolute atomic E-state index is 0.206. The molecule has 0 saturated carbocycles. The third-order valence-corrected chi connectivity index (χ3v) is 5.31. The van der Waals surface area contributed by atoms with E-state index >= 15 is 0 Å². The molecule has 2 aromatic carbocycles. The lowest BCUT2D eigenvalue weighted by atomic mass is 9.82. The fraction of sp³-hybridized carbons (Fsp3) is 0.381.